The van der Waals surface area contributed by atoms with Gasteiger partial charge >= 0.3 is 5.97 Å². The van der Waals surface area contributed by atoms with Crippen LogP contribution in [0.25, 0.3) is 0 Å². The van der Waals surface area contributed by atoms with Gasteiger partial charge in [0, 0.05) is 0 Å². The molecule has 0 saturated heterocycles. The standard InChI is InChI=1S/C22H34O4/c1-4-26-20(25)13-7-9-21(2)14(11-13)12-17(23)19-15-5-6-18(24)22(15,3)10-8-16(19)21/h12-13,15-19,23-24H,4-11H2,1-3H3/t13-,15-,16-,17-,18-,19-,21-,22-/m0/s1. The number of fused-ring (bicyclic) bond motifs is 5. The molecule has 4 aliphatic carbocycles. The largest absolute Gasteiger partial charge is 0.466 e. The predicted molar refractivity (Wildman–Crippen MR) is 99.2 cm³/mol. The lowest BCUT2D eigenvalue weighted by atomic mass is 9.47. The van der Waals surface area contributed by atoms with Gasteiger partial charge in [-0.05, 0) is 80.5 Å². The average Bonchev–Trinajstić information content (AvgIpc) is 2.91. The van der Waals surface area contributed by atoms with E-state index in [1.807, 2.05) is 6.92 Å². The topological polar surface area (TPSA) is 66.8 Å². The fourth-order valence-electron chi connectivity index (χ4n) is 7.08. The lowest BCUT2D eigenvalue weighted by Crippen LogP contribution is -2.55. The van der Waals surface area contributed by atoms with Crippen LogP contribution in [0.4, 0.5) is 0 Å². The molecule has 26 heavy (non-hydrogen) atoms. The van der Waals surface area contributed by atoms with Crippen LogP contribution in [0, 0.1) is 34.5 Å². The summed E-state index contributed by atoms with van der Waals surface area (Å²) in [7, 11) is 0. The predicted octanol–water partition coefficient (Wildman–Crippen LogP) is 3.46. The second kappa shape index (κ2) is 6.34. The van der Waals surface area contributed by atoms with Gasteiger partial charge in [-0.1, -0.05) is 25.5 Å². The fourth-order valence-corrected chi connectivity index (χ4v) is 7.08. The van der Waals surface area contributed by atoms with E-state index in [0.717, 1.165) is 44.9 Å². The Labute approximate surface area is 157 Å². The second-order valence-corrected chi connectivity index (χ2v) is 9.72. The van der Waals surface area contributed by atoms with Gasteiger partial charge in [0.1, 0.15) is 0 Å². The highest BCUT2D eigenvalue weighted by Crippen LogP contribution is 2.65. The summed E-state index contributed by atoms with van der Waals surface area (Å²) in [6.07, 6.45) is 8.05. The molecule has 0 aromatic rings. The third kappa shape index (κ3) is 2.51. The summed E-state index contributed by atoms with van der Waals surface area (Å²) in [6, 6.07) is 0. The first-order chi connectivity index (χ1) is 12.3. The number of carbonyl (C=O) groups is 1. The highest BCUT2D eigenvalue weighted by atomic mass is 16.5. The van der Waals surface area contributed by atoms with E-state index in [-0.39, 0.29) is 34.7 Å². The van der Waals surface area contributed by atoms with Crippen LogP contribution in [-0.2, 0) is 9.53 Å². The monoisotopic (exact) mass is 362 g/mol. The Hall–Kier alpha value is -0.870. The van der Waals surface area contributed by atoms with E-state index >= 15 is 0 Å². The first kappa shape index (κ1) is 18.5. The van der Waals surface area contributed by atoms with Gasteiger partial charge in [0.05, 0.1) is 24.7 Å². The number of rotatable bonds is 2. The number of hydrogen-bond donors (Lipinski definition) is 2. The summed E-state index contributed by atoms with van der Waals surface area (Å²) in [5, 5.41) is 21.6. The first-order valence-electron chi connectivity index (χ1n) is 10.5. The van der Waals surface area contributed by atoms with Crippen LogP contribution in [0.5, 0.6) is 0 Å². The van der Waals surface area contributed by atoms with Crippen LogP contribution in [0.15, 0.2) is 11.6 Å². The van der Waals surface area contributed by atoms with Crippen molar-refractivity contribution in [2.45, 2.75) is 77.9 Å². The normalized spacial score (nSPS) is 50.3. The van der Waals surface area contributed by atoms with Gasteiger partial charge in [0.2, 0.25) is 0 Å². The molecule has 3 fully saturated rings. The number of aliphatic hydroxyl groups excluding tert-OH is 2. The Morgan fingerprint density at radius 3 is 2.65 bits per heavy atom. The lowest BCUT2D eigenvalue weighted by Gasteiger charge is -2.58. The van der Waals surface area contributed by atoms with E-state index in [1.54, 1.807) is 0 Å². The SMILES string of the molecule is CCOC(=O)[C@H]1CC[C@@]2(C)C(=C[C@H](O)[C@H]3[C@@H]4CC[C@H](O)[C@@]4(C)CC[C@@H]32)C1. The summed E-state index contributed by atoms with van der Waals surface area (Å²) in [6.45, 7) is 6.88. The van der Waals surface area contributed by atoms with Crippen LogP contribution in [0.2, 0.25) is 0 Å². The van der Waals surface area contributed by atoms with Crippen molar-refractivity contribution in [3.63, 3.8) is 0 Å². The third-order valence-corrected chi connectivity index (χ3v) is 8.70. The van der Waals surface area contributed by atoms with E-state index in [0.29, 0.717) is 18.4 Å². The summed E-state index contributed by atoms with van der Waals surface area (Å²) >= 11 is 0. The third-order valence-electron chi connectivity index (χ3n) is 8.70. The zero-order valence-electron chi connectivity index (χ0n) is 16.4. The van der Waals surface area contributed by atoms with Crippen LogP contribution < -0.4 is 0 Å². The molecule has 0 heterocycles. The minimum atomic E-state index is -0.445. The van der Waals surface area contributed by atoms with Gasteiger partial charge < -0.3 is 14.9 Å². The molecule has 3 saturated carbocycles. The number of allylic oxidation sites excluding steroid dienone is 1. The van der Waals surface area contributed by atoms with Crippen molar-refractivity contribution in [1.29, 1.82) is 0 Å². The van der Waals surface area contributed by atoms with E-state index in [4.69, 9.17) is 4.74 Å². The molecule has 2 N–H and O–H groups in total. The molecule has 0 spiro atoms. The Kier molecular flexibility index (Phi) is 4.51. The van der Waals surface area contributed by atoms with E-state index in [9.17, 15) is 15.0 Å². The lowest BCUT2D eigenvalue weighted by molar-refractivity contribution is -0.150. The van der Waals surface area contributed by atoms with Gasteiger partial charge in [-0.3, -0.25) is 4.79 Å². The minimum Gasteiger partial charge on any atom is -0.466 e. The first-order valence-corrected chi connectivity index (χ1v) is 10.5. The van der Waals surface area contributed by atoms with Crippen molar-refractivity contribution in [2.75, 3.05) is 6.61 Å². The molecule has 146 valence electrons. The summed E-state index contributed by atoms with van der Waals surface area (Å²) in [5.41, 5.74) is 1.33. The maximum Gasteiger partial charge on any atom is 0.309 e. The molecule has 4 aliphatic rings. The van der Waals surface area contributed by atoms with Crippen molar-refractivity contribution in [2.24, 2.45) is 34.5 Å². The highest BCUT2D eigenvalue weighted by Gasteiger charge is 2.60. The highest BCUT2D eigenvalue weighted by molar-refractivity contribution is 5.73. The van der Waals surface area contributed by atoms with Gasteiger partial charge in [-0.15, -0.1) is 0 Å². The Morgan fingerprint density at radius 2 is 1.92 bits per heavy atom. The molecule has 4 rings (SSSR count). The number of esters is 1. The van der Waals surface area contributed by atoms with Crippen molar-refractivity contribution in [3.05, 3.63) is 11.6 Å². The van der Waals surface area contributed by atoms with Gasteiger partial charge in [0.25, 0.3) is 0 Å². The summed E-state index contributed by atoms with van der Waals surface area (Å²) < 4.78 is 5.25. The van der Waals surface area contributed by atoms with E-state index in [2.05, 4.69) is 19.9 Å². The van der Waals surface area contributed by atoms with Crippen LogP contribution >= 0.6 is 0 Å². The van der Waals surface area contributed by atoms with Crippen molar-refractivity contribution < 1.29 is 19.7 Å². The summed E-state index contributed by atoms with van der Waals surface area (Å²) in [4.78, 5) is 12.2. The second-order valence-electron chi connectivity index (χ2n) is 9.72. The van der Waals surface area contributed by atoms with Crippen LogP contribution in [0.1, 0.15) is 65.7 Å². The quantitative estimate of drug-likeness (QED) is 0.583. The van der Waals surface area contributed by atoms with Gasteiger partial charge in [0.15, 0.2) is 0 Å². The molecular formula is C22H34O4. The Balaban J connectivity index is 1.63. The molecule has 4 nitrogen and oxygen atoms in total. The maximum absolute atomic E-state index is 12.2. The smallest absolute Gasteiger partial charge is 0.309 e. The number of ether oxygens (including phenoxy) is 1. The number of aliphatic hydroxyl groups is 2. The molecule has 8 atom stereocenters. The molecule has 0 amide bonds. The van der Waals surface area contributed by atoms with E-state index < -0.39 is 6.10 Å². The van der Waals surface area contributed by atoms with Crippen molar-refractivity contribution in [1.82, 2.24) is 0 Å². The number of hydrogen-bond acceptors (Lipinski definition) is 4. The average molecular weight is 363 g/mol. The molecule has 4 heteroatoms. The molecule has 0 aliphatic heterocycles. The molecule has 0 aromatic carbocycles. The zero-order chi connectivity index (χ0) is 18.7. The molecule has 0 radical (unpaired) electrons. The molecule has 0 bridgehead atoms. The maximum atomic E-state index is 12.2. The van der Waals surface area contributed by atoms with E-state index in [1.165, 1.54) is 5.57 Å². The summed E-state index contributed by atoms with van der Waals surface area (Å²) in [5.74, 6) is 0.980. The molecular weight excluding hydrogens is 328 g/mol. The van der Waals surface area contributed by atoms with Crippen LogP contribution in [0.3, 0.4) is 0 Å². The number of carbonyl (C=O) groups excluding carboxylic acids is 1. The fraction of sp³-hybridized carbons (Fsp3) is 0.864. The van der Waals surface area contributed by atoms with Gasteiger partial charge in [-0.25, -0.2) is 0 Å². The van der Waals surface area contributed by atoms with Crippen molar-refractivity contribution >= 4 is 5.97 Å². The zero-order valence-corrected chi connectivity index (χ0v) is 16.4. The molecule has 0 aromatic heterocycles. The van der Waals surface area contributed by atoms with Crippen molar-refractivity contribution in [3.8, 4) is 0 Å². The Morgan fingerprint density at radius 1 is 1.15 bits per heavy atom. The molecule has 0 unspecified atom stereocenters. The van der Waals surface area contributed by atoms with Gasteiger partial charge in [-0.2, -0.15) is 0 Å². The minimum absolute atomic E-state index is 0.0357. The van der Waals surface area contributed by atoms with Crippen LogP contribution in [-0.4, -0.2) is 35.0 Å². The Bertz CT molecular complexity index is 613.